The molecule has 0 spiro atoms. The van der Waals surface area contributed by atoms with E-state index in [-0.39, 0.29) is 12.3 Å². The number of nitrogens with one attached hydrogen (secondary N) is 1. The number of hydrogen-bond donors (Lipinski definition) is 2. The number of carbonyl (C=O) groups is 2. The van der Waals surface area contributed by atoms with Crippen molar-refractivity contribution in [1.82, 2.24) is 5.32 Å². The predicted octanol–water partition coefficient (Wildman–Crippen LogP) is 1.48. The van der Waals surface area contributed by atoms with Crippen LogP contribution >= 0.6 is 0 Å². The monoisotopic (exact) mass is 251 g/mol. The lowest BCUT2D eigenvalue weighted by Crippen LogP contribution is -2.28. The highest BCUT2D eigenvalue weighted by Crippen LogP contribution is 2.18. The maximum Gasteiger partial charge on any atom is 0.305 e. The molecule has 0 saturated heterocycles. The van der Waals surface area contributed by atoms with Crippen LogP contribution in [0.5, 0.6) is 0 Å². The van der Waals surface area contributed by atoms with E-state index in [1.165, 1.54) is 6.92 Å². The molecule has 1 rings (SSSR count). The van der Waals surface area contributed by atoms with Crippen molar-refractivity contribution in [2.45, 2.75) is 26.0 Å². The smallest absolute Gasteiger partial charge is 0.305 e. The Balaban J connectivity index is 2.92. The van der Waals surface area contributed by atoms with E-state index in [1.807, 2.05) is 18.2 Å². The van der Waals surface area contributed by atoms with Crippen LogP contribution in [0.1, 0.15) is 30.5 Å². The van der Waals surface area contributed by atoms with Crippen LogP contribution in [0.3, 0.4) is 0 Å². The van der Waals surface area contributed by atoms with Crippen molar-refractivity contribution in [2.24, 2.45) is 0 Å². The minimum atomic E-state index is -0.953. The number of benzene rings is 1. The summed E-state index contributed by atoms with van der Waals surface area (Å²) >= 11 is 0. The van der Waals surface area contributed by atoms with Crippen molar-refractivity contribution in [3.05, 3.63) is 35.4 Å². The largest absolute Gasteiger partial charge is 0.481 e. The van der Waals surface area contributed by atoms with E-state index in [2.05, 4.69) is 5.32 Å². The van der Waals surface area contributed by atoms with E-state index in [0.29, 0.717) is 6.61 Å². The lowest BCUT2D eigenvalue weighted by atomic mass is 10.0. The Morgan fingerprint density at radius 2 is 2.17 bits per heavy atom. The first-order valence-corrected chi connectivity index (χ1v) is 5.59. The first kappa shape index (κ1) is 14.2. The molecule has 5 nitrogen and oxygen atoms in total. The summed E-state index contributed by atoms with van der Waals surface area (Å²) in [5, 5.41) is 11.5. The fourth-order valence-corrected chi connectivity index (χ4v) is 1.74. The van der Waals surface area contributed by atoms with Crippen LogP contribution in [0.2, 0.25) is 0 Å². The Morgan fingerprint density at radius 3 is 2.72 bits per heavy atom. The summed E-state index contributed by atoms with van der Waals surface area (Å²) in [7, 11) is 1.59. The van der Waals surface area contributed by atoms with Gasteiger partial charge < -0.3 is 15.2 Å². The number of carboxylic acids is 1. The number of carboxylic acid groups (broad SMARTS) is 1. The maximum absolute atomic E-state index is 11.1. The molecule has 98 valence electrons. The molecule has 1 amide bonds. The van der Waals surface area contributed by atoms with E-state index >= 15 is 0 Å². The number of hydrogen-bond acceptors (Lipinski definition) is 3. The van der Waals surface area contributed by atoms with Gasteiger partial charge >= 0.3 is 5.97 Å². The SMILES string of the molecule is COCc1cccc(C(CC(=O)O)NC(C)=O)c1. The van der Waals surface area contributed by atoms with Gasteiger partial charge in [0.25, 0.3) is 0 Å². The van der Waals surface area contributed by atoms with Gasteiger partial charge in [-0.2, -0.15) is 0 Å². The van der Waals surface area contributed by atoms with Crippen molar-refractivity contribution in [2.75, 3.05) is 7.11 Å². The normalized spacial score (nSPS) is 11.9. The minimum absolute atomic E-state index is 0.143. The third kappa shape index (κ3) is 4.55. The summed E-state index contributed by atoms with van der Waals surface area (Å²) in [6.07, 6.45) is -0.143. The fourth-order valence-electron chi connectivity index (χ4n) is 1.74. The quantitative estimate of drug-likeness (QED) is 0.803. The Bertz CT molecular complexity index is 415. The molecular weight excluding hydrogens is 234 g/mol. The molecule has 1 atom stereocenters. The van der Waals surface area contributed by atoms with Crippen molar-refractivity contribution in [1.29, 1.82) is 0 Å². The second-order valence-electron chi connectivity index (χ2n) is 4.03. The highest BCUT2D eigenvalue weighted by molar-refractivity contribution is 5.75. The molecular formula is C13H17NO4. The summed E-state index contributed by atoms with van der Waals surface area (Å²) < 4.78 is 5.02. The minimum Gasteiger partial charge on any atom is -0.481 e. The molecule has 2 N–H and O–H groups in total. The predicted molar refractivity (Wildman–Crippen MR) is 66.0 cm³/mol. The van der Waals surface area contributed by atoms with E-state index < -0.39 is 12.0 Å². The molecule has 0 bridgehead atoms. The summed E-state index contributed by atoms with van der Waals surface area (Å²) in [4.78, 5) is 21.9. The van der Waals surface area contributed by atoms with Gasteiger partial charge in [-0.3, -0.25) is 9.59 Å². The molecule has 1 aromatic carbocycles. The summed E-state index contributed by atoms with van der Waals surface area (Å²) in [5.74, 6) is -1.20. The second-order valence-corrected chi connectivity index (χ2v) is 4.03. The zero-order valence-corrected chi connectivity index (χ0v) is 10.5. The van der Waals surface area contributed by atoms with Gasteiger partial charge in [0.15, 0.2) is 0 Å². The van der Waals surface area contributed by atoms with E-state index in [9.17, 15) is 9.59 Å². The molecule has 0 heterocycles. The van der Waals surface area contributed by atoms with E-state index in [1.54, 1.807) is 13.2 Å². The molecule has 1 aromatic rings. The van der Waals surface area contributed by atoms with Crippen LogP contribution in [0.25, 0.3) is 0 Å². The molecule has 18 heavy (non-hydrogen) atoms. The highest BCUT2D eigenvalue weighted by Gasteiger charge is 2.16. The van der Waals surface area contributed by atoms with Gasteiger partial charge in [-0.25, -0.2) is 0 Å². The van der Waals surface area contributed by atoms with Crippen molar-refractivity contribution >= 4 is 11.9 Å². The molecule has 1 unspecified atom stereocenters. The zero-order chi connectivity index (χ0) is 13.5. The van der Waals surface area contributed by atoms with Crippen LogP contribution in [0, 0.1) is 0 Å². The van der Waals surface area contributed by atoms with Gasteiger partial charge in [-0.1, -0.05) is 24.3 Å². The Labute approximate surface area is 106 Å². The van der Waals surface area contributed by atoms with Crippen molar-refractivity contribution in [3.63, 3.8) is 0 Å². The fraction of sp³-hybridized carbons (Fsp3) is 0.385. The first-order valence-electron chi connectivity index (χ1n) is 5.59. The van der Waals surface area contributed by atoms with E-state index in [0.717, 1.165) is 11.1 Å². The van der Waals surface area contributed by atoms with Gasteiger partial charge in [-0.15, -0.1) is 0 Å². The van der Waals surface area contributed by atoms with Crippen LogP contribution in [0.4, 0.5) is 0 Å². The number of ether oxygens (including phenoxy) is 1. The van der Waals surface area contributed by atoms with E-state index in [4.69, 9.17) is 9.84 Å². The highest BCUT2D eigenvalue weighted by atomic mass is 16.5. The average Bonchev–Trinajstić information content (AvgIpc) is 2.28. The number of methoxy groups -OCH3 is 1. The zero-order valence-electron chi connectivity index (χ0n) is 10.5. The van der Waals surface area contributed by atoms with Crippen LogP contribution in [-0.2, 0) is 20.9 Å². The summed E-state index contributed by atoms with van der Waals surface area (Å²) in [6, 6.07) is 6.83. The molecule has 0 aliphatic carbocycles. The second kappa shape index (κ2) is 6.76. The van der Waals surface area contributed by atoms with Gasteiger partial charge in [0.2, 0.25) is 5.91 Å². The van der Waals surface area contributed by atoms with Crippen LogP contribution in [-0.4, -0.2) is 24.1 Å². The average molecular weight is 251 g/mol. The standard InChI is InChI=1S/C13H17NO4/c1-9(15)14-12(7-13(16)17)11-5-3-4-10(6-11)8-18-2/h3-6,12H,7-8H2,1-2H3,(H,14,15)(H,16,17). The lowest BCUT2D eigenvalue weighted by molar-refractivity contribution is -0.137. The molecule has 0 aliphatic rings. The number of aliphatic carboxylic acids is 1. The topological polar surface area (TPSA) is 75.6 Å². The van der Waals surface area contributed by atoms with Gasteiger partial charge in [0, 0.05) is 14.0 Å². The number of rotatable bonds is 6. The molecule has 0 saturated carbocycles. The Morgan fingerprint density at radius 1 is 1.44 bits per heavy atom. The summed E-state index contributed by atoms with van der Waals surface area (Å²) in [5.41, 5.74) is 1.71. The van der Waals surface area contributed by atoms with Gasteiger partial charge in [0.1, 0.15) is 0 Å². The summed E-state index contributed by atoms with van der Waals surface area (Å²) in [6.45, 7) is 1.82. The molecule has 5 heteroatoms. The Kier molecular flexibility index (Phi) is 5.32. The van der Waals surface area contributed by atoms with Gasteiger partial charge in [0.05, 0.1) is 19.1 Å². The third-order valence-electron chi connectivity index (χ3n) is 2.42. The van der Waals surface area contributed by atoms with Crippen molar-refractivity contribution in [3.8, 4) is 0 Å². The third-order valence-corrected chi connectivity index (χ3v) is 2.42. The van der Waals surface area contributed by atoms with Crippen LogP contribution < -0.4 is 5.32 Å². The molecule has 0 fully saturated rings. The van der Waals surface area contributed by atoms with Crippen LogP contribution in [0.15, 0.2) is 24.3 Å². The Hall–Kier alpha value is -1.88. The first-order chi connectivity index (χ1) is 8.52. The number of carbonyl (C=O) groups excluding carboxylic acids is 1. The number of amides is 1. The van der Waals surface area contributed by atoms with Gasteiger partial charge in [-0.05, 0) is 11.1 Å². The van der Waals surface area contributed by atoms with Crippen molar-refractivity contribution < 1.29 is 19.4 Å². The lowest BCUT2D eigenvalue weighted by Gasteiger charge is -2.17. The molecule has 0 radical (unpaired) electrons. The molecule has 0 aliphatic heterocycles. The molecule has 0 aromatic heterocycles. The maximum atomic E-state index is 11.1.